The molecule has 1 aromatic rings. The van der Waals surface area contributed by atoms with Gasteiger partial charge in [-0.1, -0.05) is 15.9 Å². The van der Waals surface area contributed by atoms with Gasteiger partial charge in [0.2, 0.25) is 0 Å². The van der Waals surface area contributed by atoms with Gasteiger partial charge in [-0.3, -0.25) is 0 Å². The van der Waals surface area contributed by atoms with Gasteiger partial charge in [-0.05, 0) is 22.6 Å². The van der Waals surface area contributed by atoms with Gasteiger partial charge >= 0.3 is 0 Å². The molecule has 1 heterocycles. The topological polar surface area (TPSA) is 22.1 Å². The molecule has 0 unspecified atom stereocenters. The average molecular weight is 378 g/mol. The van der Waals surface area contributed by atoms with Gasteiger partial charge in [0.15, 0.2) is 0 Å². The van der Waals surface area contributed by atoms with Gasteiger partial charge in [0.05, 0.1) is 18.4 Å². The van der Waals surface area contributed by atoms with Gasteiger partial charge < -0.3 is 4.74 Å². The fraction of sp³-hybridized carbons (Fsp3) is 0.375. The summed E-state index contributed by atoms with van der Waals surface area (Å²) in [5, 5.41) is 0.292. The number of halogens is 4. The Balaban J connectivity index is 3.33. The van der Waals surface area contributed by atoms with Crippen LogP contribution in [0.25, 0.3) is 0 Å². The first-order valence-electron chi connectivity index (χ1n) is 3.67. The molecule has 0 atom stereocenters. The molecule has 0 aliphatic heterocycles. The van der Waals surface area contributed by atoms with Gasteiger partial charge in [-0.25, -0.2) is 13.8 Å². The van der Waals surface area contributed by atoms with Crippen LogP contribution in [0.4, 0.5) is 8.78 Å². The van der Waals surface area contributed by atoms with Gasteiger partial charge in [-0.15, -0.1) is 0 Å². The van der Waals surface area contributed by atoms with E-state index in [9.17, 15) is 8.78 Å². The molecule has 6 heteroatoms. The second kappa shape index (κ2) is 5.20. The molecule has 1 aromatic heterocycles. The molecule has 0 spiro atoms. The molecule has 0 saturated carbocycles. The Morgan fingerprint density at radius 2 is 2.29 bits per heavy atom. The second-order valence-electron chi connectivity index (χ2n) is 2.44. The Bertz CT molecular complexity index is 310. The van der Waals surface area contributed by atoms with Crippen LogP contribution in [0.5, 0.6) is 5.75 Å². The molecule has 1 rings (SSSR count). The maximum absolute atomic E-state index is 12.7. The molecule has 78 valence electrons. The summed E-state index contributed by atoms with van der Waals surface area (Å²) in [4.78, 5) is 4.00. The largest absolute Gasteiger partial charge is 0.496 e. The third-order valence-corrected chi connectivity index (χ3v) is 2.72. The van der Waals surface area contributed by atoms with E-state index in [1.54, 1.807) is 0 Å². The van der Waals surface area contributed by atoms with E-state index < -0.39 is 6.43 Å². The highest BCUT2D eigenvalue weighted by molar-refractivity contribution is 14.1. The van der Waals surface area contributed by atoms with Crippen molar-refractivity contribution in [2.45, 2.75) is 11.8 Å². The molecule has 0 fully saturated rings. The monoisotopic (exact) mass is 377 g/mol. The smallest absolute Gasteiger partial charge is 0.269 e. The summed E-state index contributed by atoms with van der Waals surface area (Å²) in [5.74, 6) is 0.189. The normalized spacial score (nSPS) is 10.7. The van der Waals surface area contributed by atoms with Gasteiger partial charge in [0.25, 0.3) is 6.43 Å². The Labute approximate surface area is 102 Å². The summed E-state index contributed by atoms with van der Waals surface area (Å²) in [7, 11) is 1.37. The van der Waals surface area contributed by atoms with Crippen molar-refractivity contribution in [1.29, 1.82) is 0 Å². The Kier molecular flexibility index (Phi) is 4.49. The summed E-state index contributed by atoms with van der Waals surface area (Å²) in [6, 6.07) is 1.49. The number of methoxy groups -OCH3 is 1. The first-order valence-corrected chi connectivity index (χ1v) is 5.87. The molecule has 0 bridgehead atoms. The van der Waals surface area contributed by atoms with Gasteiger partial charge in [0, 0.05) is 11.4 Å². The third-order valence-electron chi connectivity index (χ3n) is 1.63. The van der Waals surface area contributed by atoms with Crippen molar-refractivity contribution in [2.75, 3.05) is 7.11 Å². The predicted molar refractivity (Wildman–Crippen MR) is 61.1 cm³/mol. The summed E-state index contributed by atoms with van der Waals surface area (Å²) in [6.07, 6.45) is -2.57. The lowest BCUT2D eigenvalue weighted by molar-refractivity contribution is 0.145. The zero-order chi connectivity index (χ0) is 10.7. The van der Waals surface area contributed by atoms with E-state index in [0.717, 1.165) is 0 Å². The molecule has 0 N–H and O–H groups in total. The quantitative estimate of drug-likeness (QED) is 0.456. The van der Waals surface area contributed by atoms with Crippen LogP contribution >= 0.6 is 38.5 Å². The summed E-state index contributed by atoms with van der Waals surface area (Å²) in [5.41, 5.74) is 0.188. The van der Waals surface area contributed by atoms with Gasteiger partial charge in [0.1, 0.15) is 9.45 Å². The number of rotatable bonds is 3. The lowest BCUT2D eigenvalue weighted by atomic mass is 10.2. The highest BCUT2D eigenvalue weighted by Crippen LogP contribution is 2.33. The molecule has 0 aliphatic carbocycles. The van der Waals surface area contributed by atoms with E-state index in [1.165, 1.54) is 13.2 Å². The number of aromatic nitrogens is 1. The standard InChI is InChI=1S/C8H7BrF2INO/c1-14-5-2-6(12)13-4(3-9)7(5)8(10)11/h2,8H,3H2,1H3. The molecular formula is C8H7BrF2INO. The molecule has 2 nitrogen and oxygen atoms in total. The van der Waals surface area contributed by atoms with Gasteiger partial charge in [-0.2, -0.15) is 0 Å². The van der Waals surface area contributed by atoms with Crippen molar-refractivity contribution in [3.8, 4) is 5.75 Å². The minimum absolute atomic E-state index is 0.134. The van der Waals surface area contributed by atoms with Crippen molar-refractivity contribution in [1.82, 2.24) is 4.98 Å². The molecule has 0 aromatic carbocycles. The van der Waals surface area contributed by atoms with Crippen LogP contribution < -0.4 is 4.74 Å². The number of ether oxygens (including phenoxy) is 1. The zero-order valence-electron chi connectivity index (χ0n) is 7.23. The minimum Gasteiger partial charge on any atom is -0.496 e. The van der Waals surface area contributed by atoms with E-state index in [1.807, 2.05) is 22.6 Å². The average Bonchev–Trinajstić information content (AvgIpc) is 2.15. The van der Waals surface area contributed by atoms with Crippen LogP contribution in [0, 0.1) is 3.70 Å². The van der Waals surface area contributed by atoms with E-state index in [4.69, 9.17) is 4.74 Å². The highest BCUT2D eigenvalue weighted by Gasteiger charge is 2.20. The van der Waals surface area contributed by atoms with Crippen LogP contribution in [-0.4, -0.2) is 12.1 Å². The number of nitrogens with zero attached hydrogens (tertiary/aromatic N) is 1. The van der Waals surface area contributed by atoms with Crippen LogP contribution in [0.3, 0.4) is 0 Å². The third kappa shape index (κ3) is 2.53. The SMILES string of the molecule is COc1cc(I)nc(CBr)c1C(F)F. The maximum atomic E-state index is 12.7. The Morgan fingerprint density at radius 3 is 2.71 bits per heavy atom. The molecule has 0 aliphatic rings. The van der Waals surface area contributed by atoms with Crippen molar-refractivity contribution in [3.63, 3.8) is 0 Å². The van der Waals surface area contributed by atoms with E-state index in [0.29, 0.717) is 14.7 Å². The predicted octanol–water partition coefficient (Wildman–Crippen LogP) is 3.53. The first-order chi connectivity index (χ1) is 6.60. The Hall–Kier alpha value is 0.0200. The summed E-state index contributed by atoms with van der Waals surface area (Å²) < 4.78 is 30.8. The van der Waals surface area contributed by atoms with Crippen LogP contribution in [0.1, 0.15) is 17.7 Å². The van der Waals surface area contributed by atoms with E-state index >= 15 is 0 Å². The number of hydrogen-bond acceptors (Lipinski definition) is 2. The lowest BCUT2D eigenvalue weighted by Gasteiger charge is -2.11. The van der Waals surface area contributed by atoms with Crippen molar-refractivity contribution in [3.05, 3.63) is 21.0 Å². The second-order valence-corrected chi connectivity index (χ2v) is 4.11. The minimum atomic E-state index is -2.57. The summed E-state index contributed by atoms with van der Waals surface area (Å²) >= 11 is 5.08. The molecular weight excluding hydrogens is 371 g/mol. The fourth-order valence-corrected chi connectivity index (χ4v) is 2.06. The maximum Gasteiger partial charge on any atom is 0.269 e. The molecule has 0 radical (unpaired) electrons. The zero-order valence-corrected chi connectivity index (χ0v) is 11.0. The lowest BCUT2D eigenvalue weighted by Crippen LogP contribution is -2.02. The molecule has 14 heavy (non-hydrogen) atoms. The number of hydrogen-bond donors (Lipinski definition) is 0. The number of alkyl halides is 3. The molecule has 0 amide bonds. The highest BCUT2D eigenvalue weighted by atomic mass is 127. The Morgan fingerprint density at radius 1 is 1.64 bits per heavy atom. The fourth-order valence-electron chi connectivity index (χ4n) is 1.05. The van der Waals surface area contributed by atoms with Crippen LogP contribution in [0.2, 0.25) is 0 Å². The first kappa shape index (κ1) is 12.1. The number of pyridine rings is 1. The summed E-state index contributed by atoms with van der Waals surface area (Å²) in [6.45, 7) is 0. The van der Waals surface area contributed by atoms with E-state index in [2.05, 4.69) is 20.9 Å². The van der Waals surface area contributed by atoms with Crippen molar-refractivity contribution in [2.24, 2.45) is 0 Å². The van der Waals surface area contributed by atoms with Crippen LogP contribution in [0.15, 0.2) is 6.07 Å². The molecule has 0 saturated heterocycles. The van der Waals surface area contributed by atoms with Crippen molar-refractivity contribution < 1.29 is 13.5 Å². The van der Waals surface area contributed by atoms with Crippen molar-refractivity contribution >= 4 is 38.5 Å². The van der Waals surface area contributed by atoms with E-state index in [-0.39, 0.29) is 11.3 Å². The van der Waals surface area contributed by atoms with Crippen LogP contribution in [-0.2, 0) is 5.33 Å².